The highest BCUT2D eigenvalue weighted by atomic mass is 16.5. The quantitative estimate of drug-likeness (QED) is 0.602. The Hall–Kier alpha value is -2.62. The van der Waals surface area contributed by atoms with Crippen molar-refractivity contribution in [2.24, 2.45) is 5.92 Å². The van der Waals surface area contributed by atoms with Gasteiger partial charge in [0, 0.05) is 5.92 Å². The standard InChI is InChI=1S/C23H28O4/c1-17(16-27-23(25)19(3)21-12-8-5-9-13-21)15-26-22(24)14-18(2)20-10-6-4-7-11-20/h4-13,17-19H,14-16H2,1-3H3. The lowest BCUT2D eigenvalue weighted by atomic mass is 9.98. The molecule has 0 saturated heterocycles. The molecule has 0 heterocycles. The van der Waals surface area contributed by atoms with Crippen LogP contribution in [0.3, 0.4) is 0 Å². The van der Waals surface area contributed by atoms with Crippen LogP contribution < -0.4 is 0 Å². The second-order valence-electron chi connectivity index (χ2n) is 7.07. The highest BCUT2D eigenvalue weighted by Crippen LogP contribution is 2.19. The molecule has 2 aromatic carbocycles. The molecular weight excluding hydrogens is 340 g/mol. The first-order chi connectivity index (χ1) is 13.0. The van der Waals surface area contributed by atoms with Crippen LogP contribution >= 0.6 is 0 Å². The summed E-state index contributed by atoms with van der Waals surface area (Å²) >= 11 is 0. The van der Waals surface area contributed by atoms with Gasteiger partial charge in [0.05, 0.1) is 25.6 Å². The van der Waals surface area contributed by atoms with Crippen molar-refractivity contribution in [2.45, 2.75) is 39.0 Å². The minimum atomic E-state index is -0.312. The van der Waals surface area contributed by atoms with Gasteiger partial charge in [0.2, 0.25) is 0 Å². The number of esters is 2. The first kappa shape index (κ1) is 20.7. The zero-order valence-corrected chi connectivity index (χ0v) is 16.3. The maximum Gasteiger partial charge on any atom is 0.313 e. The summed E-state index contributed by atoms with van der Waals surface area (Å²) in [5, 5.41) is 0. The van der Waals surface area contributed by atoms with Crippen molar-refractivity contribution >= 4 is 11.9 Å². The molecule has 4 nitrogen and oxygen atoms in total. The second kappa shape index (κ2) is 10.5. The van der Waals surface area contributed by atoms with Crippen LogP contribution in [0.15, 0.2) is 60.7 Å². The molecule has 0 N–H and O–H groups in total. The van der Waals surface area contributed by atoms with Crippen LogP contribution in [0.2, 0.25) is 0 Å². The van der Waals surface area contributed by atoms with Crippen LogP contribution in [0, 0.1) is 5.92 Å². The Labute approximate surface area is 161 Å². The van der Waals surface area contributed by atoms with Gasteiger partial charge in [-0.2, -0.15) is 0 Å². The summed E-state index contributed by atoms with van der Waals surface area (Å²) < 4.78 is 10.7. The molecule has 3 atom stereocenters. The molecule has 27 heavy (non-hydrogen) atoms. The topological polar surface area (TPSA) is 52.6 Å². The maximum absolute atomic E-state index is 12.2. The smallest absolute Gasteiger partial charge is 0.313 e. The molecule has 2 aromatic rings. The zero-order valence-electron chi connectivity index (χ0n) is 16.3. The van der Waals surface area contributed by atoms with Crippen molar-refractivity contribution in [1.82, 2.24) is 0 Å². The van der Waals surface area contributed by atoms with E-state index in [-0.39, 0.29) is 42.9 Å². The normalized spacial score (nSPS) is 14.0. The molecule has 2 rings (SSSR count). The van der Waals surface area contributed by atoms with Gasteiger partial charge in [-0.05, 0) is 24.0 Å². The number of hydrogen-bond donors (Lipinski definition) is 0. The fourth-order valence-electron chi connectivity index (χ4n) is 2.72. The molecule has 0 aliphatic rings. The Morgan fingerprint density at radius 3 is 1.89 bits per heavy atom. The molecule has 0 fully saturated rings. The largest absolute Gasteiger partial charge is 0.465 e. The Morgan fingerprint density at radius 1 is 0.778 bits per heavy atom. The molecule has 0 amide bonds. The zero-order chi connectivity index (χ0) is 19.6. The van der Waals surface area contributed by atoms with E-state index in [0.717, 1.165) is 11.1 Å². The minimum Gasteiger partial charge on any atom is -0.465 e. The van der Waals surface area contributed by atoms with Crippen molar-refractivity contribution in [3.05, 3.63) is 71.8 Å². The minimum absolute atomic E-state index is 0.0482. The van der Waals surface area contributed by atoms with Crippen LogP contribution in [0.4, 0.5) is 0 Å². The Bertz CT molecular complexity index is 712. The van der Waals surface area contributed by atoms with Crippen LogP contribution in [0.1, 0.15) is 50.2 Å². The highest BCUT2D eigenvalue weighted by Gasteiger charge is 2.18. The third-order valence-electron chi connectivity index (χ3n) is 4.53. The number of carbonyl (C=O) groups excluding carboxylic acids is 2. The summed E-state index contributed by atoms with van der Waals surface area (Å²) in [5.74, 6) is -0.751. The molecule has 0 aliphatic heterocycles. The number of ether oxygens (including phenoxy) is 2. The van der Waals surface area contributed by atoms with Crippen molar-refractivity contribution in [1.29, 1.82) is 0 Å². The van der Waals surface area contributed by atoms with E-state index in [1.165, 1.54) is 0 Å². The van der Waals surface area contributed by atoms with Gasteiger partial charge in [0.15, 0.2) is 0 Å². The van der Waals surface area contributed by atoms with Crippen LogP contribution in [0.5, 0.6) is 0 Å². The molecule has 144 valence electrons. The second-order valence-corrected chi connectivity index (χ2v) is 7.07. The van der Waals surface area contributed by atoms with E-state index in [2.05, 4.69) is 0 Å². The SMILES string of the molecule is CC(COC(=O)CC(C)c1ccccc1)COC(=O)C(C)c1ccccc1. The fourth-order valence-corrected chi connectivity index (χ4v) is 2.72. The number of benzene rings is 2. The summed E-state index contributed by atoms with van der Waals surface area (Å²) in [6.07, 6.45) is 0.335. The van der Waals surface area contributed by atoms with E-state index < -0.39 is 0 Å². The average molecular weight is 368 g/mol. The number of rotatable bonds is 9. The van der Waals surface area contributed by atoms with Gasteiger partial charge in [-0.15, -0.1) is 0 Å². The van der Waals surface area contributed by atoms with E-state index >= 15 is 0 Å². The summed E-state index contributed by atoms with van der Waals surface area (Å²) in [4.78, 5) is 24.2. The molecule has 0 saturated carbocycles. The van der Waals surface area contributed by atoms with E-state index in [1.807, 2.05) is 81.4 Å². The lowest BCUT2D eigenvalue weighted by molar-refractivity contribution is -0.149. The van der Waals surface area contributed by atoms with Gasteiger partial charge in [0.25, 0.3) is 0 Å². The first-order valence-electron chi connectivity index (χ1n) is 9.39. The van der Waals surface area contributed by atoms with Crippen molar-refractivity contribution in [3.63, 3.8) is 0 Å². The van der Waals surface area contributed by atoms with Crippen LogP contribution in [-0.2, 0) is 19.1 Å². The van der Waals surface area contributed by atoms with E-state index in [4.69, 9.17) is 9.47 Å². The van der Waals surface area contributed by atoms with Crippen molar-refractivity contribution in [2.75, 3.05) is 13.2 Å². The molecule has 4 heteroatoms. The molecule has 3 unspecified atom stereocenters. The predicted octanol–water partition coefficient (Wildman–Crippen LogP) is 4.71. The van der Waals surface area contributed by atoms with E-state index in [9.17, 15) is 9.59 Å². The molecule has 0 aliphatic carbocycles. The Kier molecular flexibility index (Phi) is 8.05. The van der Waals surface area contributed by atoms with Crippen molar-refractivity contribution < 1.29 is 19.1 Å². The molecule has 0 aromatic heterocycles. The van der Waals surface area contributed by atoms with Gasteiger partial charge in [-0.1, -0.05) is 74.5 Å². The van der Waals surface area contributed by atoms with E-state index in [1.54, 1.807) is 0 Å². The molecule has 0 bridgehead atoms. The number of hydrogen-bond acceptors (Lipinski definition) is 4. The summed E-state index contributed by atoms with van der Waals surface area (Å²) in [7, 11) is 0. The van der Waals surface area contributed by atoms with Crippen LogP contribution in [0.25, 0.3) is 0 Å². The van der Waals surface area contributed by atoms with Gasteiger partial charge >= 0.3 is 11.9 Å². The van der Waals surface area contributed by atoms with Gasteiger partial charge < -0.3 is 9.47 Å². The average Bonchev–Trinajstić information content (AvgIpc) is 2.71. The van der Waals surface area contributed by atoms with Crippen molar-refractivity contribution in [3.8, 4) is 0 Å². The van der Waals surface area contributed by atoms with Gasteiger partial charge in [-0.25, -0.2) is 0 Å². The van der Waals surface area contributed by atoms with E-state index in [0.29, 0.717) is 6.42 Å². The third kappa shape index (κ3) is 6.89. The maximum atomic E-state index is 12.2. The fraction of sp³-hybridized carbons (Fsp3) is 0.391. The Balaban J connectivity index is 1.69. The lowest BCUT2D eigenvalue weighted by Gasteiger charge is -2.16. The summed E-state index contributed by atoms with van der Waals surface area (Å²) in [6.45, 7) is 6.21. The summed E-state index contributed by atoms with van der Waals surface area (Å²) in [6, 6.07) is 19.4. The van der Waals surface area contributed by atoms with Crippen LogP contribution in [-0.4, -0.2) is 25.2 Å². The molecule has 0 radical (unpaired) electrons. The molecule has 0 spiro atoms. The lowest BCUT2D eigenvalue weighted by Crippen LogP contribution is -2.21. The highest BCUT2D eigenvalue weighted by molar-refractivity contribution is 5.77. The van der Waals surface area contributed by atoms with Gasteiger partial charge in [-0.3, -0.25) is 9.59 Å². The Morgan fingerprint density at radius 2 is 1.30 bits per heavy atom. The first-order valence-corrected chi connectivity index (χ1v) is 9.39. The monoisotopic (exact) mass is 368 g/mol. The molecular formula is C23H28O4. The third-order valence-corrected chi connectivity index (χ3v) is 4.53. The number of carbonyl (C=O) groups is 2. The predicted molar refractivity (Wildman–Crippen MR) is 105 cm³/mol. The van der Waals surface area contributed by atoms with Gasteiger partial charge in [0.1, 0.15) is 0 Å². The summed E-state index contributed by atoms with van der Waals surface area (Å²) in [5.41, 5.74) is 2.04.